The Morgan fingerprint density at radius 1 is 1.41 bits per heavy atom. The van der Waals surface area contributed by atoms with Gasteiger partial charge in [-0.05, 0) is 11.8 Å². The third kappa shape index (κ3) is 5.13. The summed E-state index contributed by atoms with van der Waals surface area (Å²) in [5, 5.41) is 15.0. The number of hydrogen-bond acceptors (Lipinski definition) is 7. The molecule has 9 nitrogen and oxygen atoms in total. The summed E-state index contributed by atoms with van der Waals surface area (Å²) in [5.74, 6) is -0.413. The van der Waals surface area contributed by atoms with Crippen LogP contribution in [0.15, 0.2) is 17.6 Å². The summed E-state index contributed by atoms with van der Waals surface area (Å²) in [5.41, 5.74) is 0.0504. The molecule has 2 unspecified atom stereocenters. The van der Waals surface area contributed by atoms with Crippen LogP contribution in [-0.4, -0.2) is 33.0 Å². The highest BCUT2D eigenvalue weighted by molar-refractivity contribution is 7.14. The summed E-state index contributed by atoms with van der Waals surface area (Å²) < 4.78 is 6.63. The molecule has 0 aliphatic rings. The predicted octanol–water partition coefficient (Wildman–Crippen LogP) is 3.48. The molecule has 2 aromatic heterocycles. The maximum Gasteiger partial charge on any atom is 0.357 e. The summed E-state index contributed by atoms with van der Waals surface area (Å²) >= 11 is 1.08. The minimum absolute atomic E-state index is 0.114. The molecule has 2 rings (SSSR count). The first-order chi connectivity index (χ1) is 12.7. The van der Waals surface area contributed by atoms with Gasteiger partial charge in [0.1, 0.15) is 5.69 Å². The zero-order valence-corrected chi connectivity index (χ0v) is 16.4. The number of thiazole rings is 1. The fourth-order valence-corrected chi connectivity index (χ4v) is 2.98. The van der Waals surface area contributed by atoms with Gasteiger partial charge in [0.25, 0.3) is 11.6 Å². The van der Waals surface area contributed by atoms with E-state index in [1.807, 2.05) is 6.92 Å². The van der Waals surface area contributed by atoms with Gasteiger partial charge in [0.05, 0.1) is 17.7 Å². The van der Waals surface area contributed by atoms with Crippen LogP contribution < -0.4 is 5.32 Å². The van der Waals surface area contributed by atoms with E-state index in [2.05, 4.69) is 24.1 Å². The van der Waals surface area contributed by atoms with Crippen LogP contribution in [0.3, 0.4) is 0 Å². The first kappa shape index (κ1) is 20.6. The van der Waals surface area contributed by atoms with E-state index < -0.39 is 16.8 Å². The lowest BCUT2D eigenvalue weighted by molar-refractivity contribution is -0.384. The number of ether oxygens (including phenoxy) is 1. The van der Waals surface area contributed by atoms with Crippen molar-refractivity contribution in [1.82, 2.24) is 9.55 Å². The Labute approximate surface area is 160 Å². The number of hydrogen-bond donors (Lipinski definition) is 1. The molecule has 10 heteroatoms. The van der Waals surface area contributed by atoms with Gasteiger partial charge < -0.3 is 9.30 Å². The van der Waals surface area contributed by atoms with Gasteiger partial charge in [-0.25, -0.2) is 9.78 Å². The number of nitrogens with one attached hydrogen (secondary N) is 1. The van der Waals surface area contributed by atoms with E-state index >= 15 is 0 Å². The average molecular weight is 394 g/mol. The van der Waals surface area contributed by atoms with Crippen LogP contribution in [0.5, 0.6) is 0 Å². The molecule has 27 heavy (non-hydrogen) atoms. The van der Waals surface area contributed by atoms with E-state index in [4.69, 9.17) is 4.74 Å². The molecule has 2 atom stereocenters. The Balaban J connectivity index is 1.98. The van der Waals surface area contributed by atoms with Crippen LogP contribution >= 0.6 is 11.3 Å². The molecular formula is C17H22N4O5S. The van der Waals surface area contributed by atoms with Crippen molar-refractivity contribution >= 4 is 34.0 Å². The molecule has 0 aliphatic carbocycles. The molecule has 0 saturated heterocycles. The second-order valence-corrected chi connectivity index (χ2v) is 7.26. The number of anilines is 1. The summed E-state index contributed by atoms with van der Waals surface area (Å²) in [7, 11) is 1.53. The monoisotopic (exact) mass is 394 g/mol. The Kier molecular flexibility index (Phi) is 6.67. The van der Waals surface area contributed by atoms with Crippen LogP contribution in [0.4, 0.5) is 10.8 Å². The van der Waals surface area contributed by atoms with E-state index in [-0.39, 0.29) is 28.1 Å². The number of nitrogens with zero attached hydrogens (tertiary/aromatic N) is 3. The minimum Gasteiger partial charge on any atom is -0.461 e. The topological polar surface area (TPSA) is 116 Å². The average Bonchev–Trinajstić information content (AvgIpc) is 3.25. The number of aryl methyl sites for hydroxylation is 1. The number of amides is 1. The molecule has 2 heterocycles. The summed E-state index contributed by atoms with van der Waals surface area (Å²) in [6, 6.07) is 1.18. The molecule has 0 aliphatic heterocycles. The van der Waals surface area contributed by atoms with Crippen molar-refractivity contribution in [2.45, 2.75) is 27.2 Å². The van der Waals surface area contributed by atoms with E-state index in [1.165, 1.54) is 29.3 Å². The largest absolute Gasteiger partial charge is 0.461 e. The Hall–Kier alpha value is -2.75. The molecule has 2 aromatic rings. The molecular weight excluding hydrogens is 372 g/mol. The van der Waals surface area contributed by atoms with E-state index in [0.717, 1.165) is 17.8 Å². The van der Waals surface area contributed by atoms with Crippen LogP contribution in [0, 0.1) is 22.0 Å². The maximum atomic E-state index is 12.3. The smallest absolute Gasteiger partial charge is 0.357 e. The third-order valence-electron chi connectivity index (χ3n) is 4.46. The number of aromatic nitrogens is 2. The van der Waals surface area contributed by atoms with Crippen LogP contribution in [0.25, 0.3) is 0 Å². The number of carbonyl (C=O) groups is 2. The van der Waals surface area contributed by atoms with Gasteiger partial charge >= 0.3 is 5.97 Å². The molecule has 0 radical (unpaired) electrons. The first-order valence-electron chi connectivity index (χ1n) is 8.47. The van der Waals surface area contributed by atoms with Crippen molar-refractivity contribution in [2.24, 2.45) is 18.9 Å². The van der Waals surface area contributed by atoms with Gasteiger partial charge in [-0.15, -0.1) is 11.3 Å². The summed E-state index contributed by atoms with van der Waals surface area (Å²) in [6.07, 6.45) is 2.25. The van der Waals surface area contributed by atoms with E-state index in [1.54, 1.807) is 0 Å². The highest BCUT2D eigenvalue weighted by Crippen LogP contribution is 2.21. The van der Waals surface area contributed by atoms with Crippen LogP contribution in [-0.2, 0) is 11.8 Å². The van der Waals surface area contributed by atoms with E-state index in [9.17, 15) is 19.7 Å². The fraction of sp³-hybridized carbons (Fsp3) is 0.471. The molecule has 0 fully saturated rings. The fourth-order valence-electron chi connectivity index (χ4n) is 2.31. The van der Waals surface area contributed by atoms with Gasteiger partial charge in [-0.3, -0.25) is 20.2 Å². The maximum absolute atomic E-state index is 12.3. The molecule has 0 bridgehead atoms. The SMILES string of the molecule is CCC(C)C(C)COC(=O)c1csc(NC(=O)c2cc([N+](=O)[O-])cn2C)n1. The lowest BCUT2D eigenvalue weighted by atomic mass is 9.95. The van der Waals surface area contributed by atoms with Crippen molar-refractivity contribution < 1.29 is 19.2 Å². The van der Waals surface area contributed by atoms with Crippen molar-refractivity contribution in [3.63, 3.8) is 0 Å². The van der Waals surface area contributed by atoms with Gasteiger partial charge in [-0.2, -0.15) is 0 Å². The number of esters is 1. The van der Waals surface area contributed by atoms with Crippen LogP contribution in [0.2, 0.25) is 0 Å². The number of nitro groups is 1. The highest BCUT2D eigenvalue weighted by Gasteiger charge is 2.20. The minimum atomic E-state index is -0.575. The third-order valence-corrected chi connectivity index (χ3v) is 5.22. The zero-order valence-electron chi connectivity index (χ0n) is 15.6. The molecule has 146 valence electrons. The van der Waals surface area contributed by atoms with Gasteiger partial charge in [0, 0.05) is 18.5 Å². The normalized spacial score (nSPS) is 13.0. The van der Waals surface area contributed by atoms with Crippen molar-refractivity contribution in [3.05, 3.63) is 39.1 Å². The standard InChI is InChI=1S/C17H22N4O5S/c1-5-10(2)11(3)8-26-16(23)13-9-27-17(18-13)19-15(22)14-6-12(21(24)25)7-20(14)4/h6-7,9-11H,5,8H2,1-4H3,(H,18,19,22). The zero-order chi connectivity index (χ0) is 20.1. The van der Waals surface area contributed by atoms with Gasteiger partial charge in [-0.1, -0.05) is 27.2 Å². The van der Waals surface area contributed by atoms with Crippen molar-refractivity contribution in [1.29, 1.82) is 0 Å². The lowest BCUT2D eigenvalue weighted by Crippen LogP contribution is -2.18. The molecule has 1 amide bonds. The second kappa shape index (κ2) is 8.76. The quantitative estimate of drug-likeness (QED) is 0.416. The summed E-state index contributed by atoms with van der Waals surface area (Å²) in [4.78, 5) is 38.6. The Morgan fingerprint density at radius 2 is 2.11 bits per heavy atom. The number of carbonyl (C=O) groups excluding carboxylic acids is 2. The Morgan fingerprint density at radius 3 is 2.70 bits per heavy atom. The highest BCUT2D eigenvalue weighted by atomic mass is 32.1. The summed E-state index contributed by atoms with van der Waals surface area (Å²) in [6.45, 7) is 6.51. The number of rotatable bonds is 8. The van der Waals surface area contributed by atoms with Crippen LogP contribution in [0.1, 0.15) is 48.2 Å². The van der Waals surface area contributed by atoms with Crippen molar-refractivity contribution in [3.8, 4) is 0 Å². The Bertz CT molecular complexity index is 844. The van der Waals surface area contributed by atoms with Gasteiger partial charge in [0.2, 0.25) is 0 Å². The molecule has 1 N–H and O–H groups in total. The second-order valence-electron chi connectivity index (χ2n) is 6.40. The molecule has 0 aromatic carbocycles. The first-order valence-corrected chi connectivity index (χ1v) is 9.35. The van der Waals surface area contributed by atoms with Gasteiger partial charge in [0.15, 0.2) is 10.8 Å². The lowest BCUT2D eigenvalue weighted by Gasteiger charge is -2.17. The predicted molar refractivity (Wildman–Crippen MR) is 101 cm³/mol. The van der Waals surface area contributed by atoms with Crippen molar-refractivity contribution in [2.75, 3.05) is 11.9 Å². The molecule has 0 spiro atoms. The molecule has 0 saturated carbocycles. The van der Waals surface area contributed by atoms with E-state index in [0.29, 0.717) is 12.5 Å².